The van der Waals surface area contributed by atoms with Crippen molar-refractivity contribution in [3.8, 4) is 0 Å². The molecular weight excluding hydrogens is 144 g/mol. The van der Waals surface area contributed by atoms with E-state index in [0.717, 1.165) is 0 Å². The molecule has 0 fully saturated rings. The van der Waals surface area contributed by atoms with E-state index in [4.69, 9.17) is 20.4 Å². The molecule has 0 heterocycles. The standard InChI is InChI=1S/C4H6O6.H/c5-1(3(7)8)2(6)4(9)10;/h1-2,5-6H,(H,7,8)(H,9,10);. The van der Waals surface area contributed by atoms with E-state index in [1.807, 2.05) is 0 Å². The number of carboxylic acids is 2. The minimum Gasteiger partial charge on any atom is -0.479 e. The van der Waals surface area contributed by atoms with Crippen LogP contribution in [0, 0.1) is 0 Å². The van der Waals surface area contributed by atoms with Gasteiger partial charge in [0.05, 0.1) is 0 Å². The fourth-order valence-corrected chi connectivity index (χ4v) is 0.270. The average molecular weight is 151 g/mol. The first-order chi connectivity index (χ1) is 4.46. The lowest BCUT2D eigenvalue weighted by Crippen LogP contribution is -2.39. The van der Waals surface area contributed by atoms with Crippen LogP contribution >= 0.6 is 0 Å². The van der Waals surface area contributed by atoms with Crippen molar-refractivity contribution in [2.24, 2.45) is 0 Å². The normalized spacial score (nSPS) is 15.8. The maximum absolute atomic E-state index is 9.77. The number of carboxylic acid groups (broad SMARTS) is 2. The molecule has 10 heavy (non-hydrogen) atoms. The van der Waals surface area contributed by atoms with Gasteiger partial charge in [0.15, 0.2) is 12.2 Å². The van der Waals surface area contributed by atoms with Crippen molar-refractivity contribution in [1.82, 2.24) is 0 Å². The van der Waals surface area contributed by atoms with Crippen LogP contribution < -0.4 is 0 Å². The zero-order valence-electron chi connectivity index (χ0n) is 5.76. The Balaban J connectivity index is 0. The minimum atomic E-state index is -2.27. The van der Waals surface area contributed by atoms with Crippen molar-refractivity contribution < 1.29 is 31.4 Å². The summed E-state index contributed by atoms with van der Waals surface area (Å²) in [6.45, 7) is 0. The summed E-state index contributed by atoms with van der Waals surface area (Å²) in [4.78, 5) is 19.5. The van der Waals surface area contributed by atoms with E-state index in [-0.39, 0.29) is 1.43 Å². The van der Waals surface area contributed by atoms with Crippen molar-refractivity contribution in [1.29, 1.82) is 0 Å². The maximum Gasteiger partial charge on any atom is 0.335 e. The summed E-state index contributed by atoms with van der Waals surface area (Å²) in [6, 6.07) is 0. The second kappa shape index (κ2) is 3.14. The monoisotopic (exact) mass is 151 g/mol. The topological polar surface area (TPSA) is 115 Å². The molecule has 0 aliphatic carbocycles. The van der Waals surface area contributed by atoms with Gasteiger partial charge >= 0.3 is 11.9 Å². The number of rotatable bonds is 3. The lowest BCUT2D eigenvalue weighted by Gasteiger charge is -2.07. The van der Waals surface area contributed by atoms with Crippen LogP contribution in [0.5, 0.6) is 0 Å². The molecule has 4 N–H and O–H groups in total. The van der Waals surface area contributed by atoms with Gasteiger partial charge in [-0.25, -0.2) is 9.59 Å². The van der Waals surface area contributed by atoms with E-state index in [1.54, 1.807) is 0 Å². The van der Waals surface area contributed by atoms with E-state index in [1.165, 1.54) is 0 Å². The molecular formula is C4H7O6. The summed E-state index contributed by atoms with van der Waals surface area (Å²) in [7, 11) is 0. The van der Waals surface area contributed by atoms with Crippen molar-refractivity contribution in [2.75, 3.05) is 0 Å². The molecule has 0 rings (SSSR count). The third-order valence-corrected chi connectivity index (χ3v) is 0.805. The Morgan fingerprint density at radius 3 is 1.30 bits per heavy atom. The zero-order chi connectivity index (χ0) is 8.31. The summed E-state index contributed by atoms with van der Waals surface area (Å²) >= 11 is 0. The van der Waals surface area contributed by atoms with E-state index in [9.17, 15) is 9.59 Å². The summed E-state index contributed by atoms with van der Waals surface area (Å²) in [5.74, 6) is -3.54. The van der Waals surface area contributed by atoms with Crippen molar-refractivity contribution >= 4 is 11.9 Å². The molecule has 0 saturated carbocycles. The van der Waals surface area contributed by atoms with Crippen LogP contribution in [0.1, 0.15) is 1.43 Å². The first-order valence-corrected chi connectivity index (χ1v) is 2.28. The highest BCUT2D eigenvalue weighted by molar-refractivity contribution is 5.82. The highest BCUT2D eigenvalue weighted by atomic mass is 16.4. The van der Waals surface area contributed by atoms with E-state index < -0.39 is 24.1 Å². The highest BCUT2D eigenvalue weighted by Crippen LogP contribution is 1.92. The molecule has 0 amide bonds. The smallest absolute Gasteiger partial charge is 0.335 e. The number of carbonyl (C=O) groups is 2. The summed E-state index contributed by atoms with van der Waals surface area (Å²) in [6.07, 6.45) is -4.53. The lowest BCUT2D eigenvalue weighted by molar-refractivity contribution is -0.165. The second-order valence-electron chi connectivity index (χ2n) is 1.57. The van der Waals surface area contributed by atoms with Gasteiger partial charge in [-0.2, -0.15) is 0 Å². The van der Waals surface area contributed by atoms with Gasteiger partial charge in [-0.3, -0.25) is 0 Å². The molecule has 0 bridgehead atoms. The Labute approximate surface area is 56.8 Å². The molecule has 0 spiro atoms. The highest BCUT2D eigenvalue weighted by Gasteiger charge is 2.29. The molecule has 0 aromatic carbocycles. The van der Waals surface area contributed by atoms with Gasteiger partial charge in [-0.15, -0.1) is 0 Å². The average Bonchev–Trinajstić information content (AvgIpc) is 1.84. The largest absolute Gasteiger partial charge is 0.479 e. The molecule has 2 atom stereocenters. The Morgan fingerprint density at radius 2 is 1.20 bits per heavy atom. The summed E-state index contributed by atoms with van der Waals surface area (Å²) in [5, 5.41) is 32.5. The van der Waals surface area contributed by atoms with Crippen molar-refractivity contribution in [2.45, 2.75) is 12.2 Å². The van der Waals surface area contributed by atoms with Gasteiger partial charge in [-0.1, -0.05) is 0 Å². The van der Waals surface area contributed by atoms with Crippen molar-refractivity contribution in [3.63, 3.8) is 0 Å². The number of aliphatic hydroxyl groups excluding tert-OH is 2. The Bertz CT molecular complexity index is 139. The number of aliphatic hydroxyl groups is 2. The van der Waals surface area contributed by atoms with Crippen LogP contribution in [0.2, 0.25) is 0 Å². The van der Waals surface area contributed by atoms with Gasteiger partial charge in [-0.05, 0) is 0 Å². The van der Waals surface area contributed by atoms with Gasteiger partial charge in [0.1, 0.15) is 0 Å². The van der Waals surface area contributed by atoms with Gasteiger partial charge in [0.2, 0.25) is 0 Å². The van der Waals surface area contributed by atoms with Crippen LogP contribution in [0.15, 0.2) is 0 Å². The first-order valence-electron chi connectivity index (χ1n) is 2.28. The second-order valence-corrected chi connectivity index (χ2v) is 1.57. The fraction of sp³-hybridized carbons (Fsp3) is 0.500. The van der Waals surface area contributed by atoms with Crippen LogP contribution in [0.3, 0.4) is 0 Å². The molecule has 6 nitrogen and oxygen atoms in total. The van der Waals surface area contributed by atoms with Crippen LogP contribution in [-0.2, 0) is 9.59 Å². The van der Waals surface area contributed by atoms with Crippen molar-refractivity contribution in [3.05, 3.63) is 0 Å². The SMILES string of the molecule is O=C(O)C(O)C(O)C(=O)O.[H]. The summed E-state index contributed by atoms with van der Waals surface area (Å²) in [5.41, 5.74) is 0. The number of hydrogen-bond acceptors (Lipinski definition) is 4. The maximum atomic E-state index is 9.77. The Kier molecular flexibility index (Phi) is 2.78. The van der Waals surface area contributed by atoms with E-state index in [2.05, 4.69) is 0 Å². The van der Waals surface area contributed by atoms with E-state index >= 15 is 0 Å². The number of hydrogen-bond donors (Lipinski definition) is 4. The summed E-state index contributed by atoms with van der Waals surface area (Å²) < 4.78 is 0. The van der Waals surface area contributed by atoms with Crippen LogP contribution in [-0.4, -0.2) is 44.6 Å². The predicted molar refractivity (Wildman–Crippen MR) is 28.4 cm³/mol. The molecule has 6 heteroatoms. The minimum absolute atomic E-state index is 0. The fourth-order valence-electron chi connectivity index (χ4n) is 0.270. The molecule has 0 aromatic rings. The first kappa shape index (κ1) is 8.86. The van der Waals surface area contributed by atoms with E-state index in [0.29, 0.717) is 0 Å². The van der Waals surface area contributed by atoms with Crippen LogP contribution in [0.4, 0.5) is 0 Å². The van der Waals surface area contributed by atoms with Gasteiger partial charge in [0.25, 0.3) is 0 Å². The predicted octanol–water partition coefficient (Wildman–Crippen LogP) is -2.01. The molecule has 2 unspecified atom stereocenters. The third kappa shape index (κ3) is 2.00. The molecule has 59 valence electrons. The zero-order valence-corrected chi connectivity index (χ0v) is 4.76. The lowest BCUT2D eigenvalue weighted by atomic mass is 10.2. The molecule has 0 saturated heterocycles. The van der Waals surface area contributed by atoms with Crippen LogP contribution in [0.25, 0.3) is 0 Å². The van der Waals surface area contributed by atoms with Gasteiger partial charge in [0, 0.05) is 1.43 Å². The molecule has 0 aliphatic rings. The molecule has 1 radical (unpaired) electrons. The Hall–Kier alpha value is -1.14. The quantitative estimate of drug-likeness (QED) is 0.370. The van der Waals surface area contributed by atoms with Gasteiger partial charge < -0.3 is 20.4 Å². The molecule has 0 aromatic heterocycles. The Morgan fingerprint density at radius 1 is 1.00 bits per heavy atom. The third-order valence-electron chi connectivity index (χ3n) is 0.805. The number of aliphatic carboxylic acids is 2. The molecule has 0 aliphatic heterocycles.